The van der Waals surface area contributed by atoms with Crippen LogP contribution in [0.4, 0.5) is 0 Å². The van der Waals surface area contributed by atoms with Crippen molar-refractivity contribution in [2.45, 2.75) is 13.3 Å². The van der Waals surface area contributed by atoms with E-state index in [4.69, 9.17) is 10.00 Å². The predicted molar refractivity (Wildman–Crippen MR) is 54.3 cm³/mol. The van der Waals surface area contributed by atoms with Crippen molar-refractivity contribution in [1.82, 2.24) is 5.32 Å². The SMILES string of the molecule is CCOC(=O)/C(C#N)=C1/NCCCS1. The van der Waals surface area contributed by atoms with Crippen LogP contribution in [-0.4, -0.2) is 24.9 Å². The maximum atomic E-state index is 11.3. The topological polar surface area (TPSA) is 62.1 Å². The van der Waals surface area contributed by atoms with Gasteiger partial charge in [0.05, 0.1) is 11.6 Å². The first kappa shape index (κ1) is 10.9. The van der Waals surface area contributed by atoms with Crippen molar-refractivity contribution in [3.05, 3.63) is 10.6 Å². The van der Waals surface area contributed by atoms with Gasteiger partial charge in [-0.05, 0) is 13.3 Å². The van der Waals surface area contributed by atoms with E-state index in [0.717, 1.165) is 18.7 Å². The molecular weight excluding hydrogens is 200 g/mol. The highest BCUT2D eigenvalue weighted by Crippen LogP contribution is 2.22. The van der Waals surface area contributed by atoms with Crippen molar-refractivity contribution < 1.29 is 9.53 Å². The molecule has 0 aromatic carbocycles. The van der Waals surface area contributed by atoms with Crippen LogP contribution >= 0.6 is 11.8 Å². The minimum Gasteiger partial charge on any atom is -0.462 e. The minimum atomic E-state index is -0.535. The number of esters is 1. The van der Waals surface area contributed by atoms with E-state index >= 15 is 0 Å². The zero-order valence-corrected chi connectivity index (χ0v) is 8.82. The van der Waals surface area contributed by atoms with E-state index in [2.05, 4.69) is 5.32 Å². The van der Waals surface area contributed by atoms with Gasteiger partial charge in [0, 0.05) is 12.3 Å². The van der Waals surface area contributed by atoms with E-state index < -0.39 is 5.97 Å². The number of rotatable bonds is 2. The first-order chi connectivity index (χ1) is 6.79. The molecule has 1 rings (SSSR count). The van der Waals surface area contributed by atoms with Crippen molar-refractivity contribution in [2.24, 2.45) is 0 Å². The van der Waals surface area contributed by atoms with E-state index in [0.29, 0.717) is 11.6 Å². The van der Waals surface area contributed by atoms with Crippen molar-refractivity contribution in [3.63, 3.8) is 0 Å². The van der Waals surface area contributed by atoms with Crippen LogP contribution in [0.25, 0.3) is 0 Å². The van der Waals surface area contributed by atoms with Gasteiger partial charge in [0.15, 0.2) is 5.57 Å². The Balaban J connectivity index is 2.77. The van der Waals surface area contributed by atoms with Crippen LogP contribution in [0.15, 0.2) is 10.6 Å². The van der Waals surface area contributed by atoms with E-state index in [1.54, 1.807) is 6.92 Å². The van der Waals surface area contributed by atoms with Gasteiger partial charge in [-0.15, -0.1) is 11.8 Å². The lowest BCUT2D eigenvalue weighted by atomic mass is 10.3. The highest BCUT2D eigenvalue weighted by Gasteiger charge is 2.18. The fourth-order valence-electron chi connectivity index (χ4n) is 1.05. The van der Waals surface area contributed by atoms with Crippen LogP contribution in [0.2, 0.25) is 0 Å². The summed E-state index contributed by atoms with van der Waals surface area (Å²) in [5.41, 5.74) is 0.0940. The highest BCUT2D eigenvalue weighted by molar-refractivity contribution is 8.03. The third kappa shape index (κ3) is 2.67. The smallest absolute Gasteiger partial charge is 0.351 e. The Morgan fingerprint density at radius 3 is 3.07 bits per heavy atom. The van der Waals surface area contributed by atoms with Crippen LogP contribution in [0.1, 0.15) is 13.3 Å². The van der Waals surface area contributed by atoms with Crippen molar-refractivity contribution >= 4 is 17.7 Å². The number of nitriles is 1. The summed E-state index contributed by atoms with van der Waals surface area (Å²) < 4.78 is 4.78. The molecule has 0 unspecified atom stereocenters. The summed E-state index contributed by atoms with van der Waals surface area (Å²) >= 11 is 1.50. The molecule has 0 aromatic heterocycles. The molecule has 1 fully saturated rings. The van der Waals surface area contributed by atoms with Gasteiger partial charge in [-0.1, -0.05) is 0 Å². The lowest BCUT2D eigenvalue weighted by Crippen LogP contribution is -2.23. The fraction of sp³-hybridized carbons (Fsp3) is 0.556. The van der Waals surface area contributed by atoms with Crippen LogP contribution in [0, 0.1) is 11.3 Å². The summed E-state index contributed by atoms with van der Waals surface area (Å²) in [5.74, 6) is 0.402. The molecule has 1 aliphatic heterocycles. The molecule has 1 aliphatic rings. The maximum Gasteiger partial charge on any atom is 0.351 e. The van der Waals surface area contributed by atoms with Crippen molar-refractivity contribution in [1.29, 1.82) is 5.26 Å². The molecule has 76 valence electrons. The predicted octanol–water partition coefficient (Wildman–Crippen LogP) is 1.01. The summed E-state index contributed by atoms with van der Waals surface area (Å²) in [4.78, 5) is 11.3. The summed E-state index contributed by atoms with van der Waals surface area (Å²) in [7, 11) is 0. The Bertz CT molecular complexity index is 286. The molecule has 0 bridgehead atoms. The first-order valence-electron chi connectivity index (χ1n) is 4.47. The van der Waals surface area contributed by atoms with Crippen LogP contribution in [0.3, 0.4) is 0 Å². The number of nitrogens with one attached hydrogen (secondary N) is 1. The van der Waals surface area contributed by atoms with Crippen LogP contribution < -0.4 is 5.32 Å². The van der Waals surface area contributed by atoms with E-state index in [1.165, 1.54) is 11.8 Å². The molecule has 5 heteroatoms. The van der Waals surface area contributed by atoms with Gasteiger partial charge < -0.3 is 10.1 Å². The monoisotopic (exact) mass is 212 g/mol. The second kappa shape index (κ2) is 5.55. The summed E-state index contributed by atoms with van der Waals surface area (Å²) in [6.07, 6.45) is 1.05. The number of carbonyl (C=O) groups excluding carboxylic acids is 1. The summed E-state index contributed by atoms with van der Waals surface area (Å²) in [6, 6.07) is 1.88. The summed E-state index contributed by atoms with van der Waals surface area (Å²) in [6.45, 7) is 2.83. The fourth-order valence-corrected chi connectivity index (χ4v) is 2.02. The van der Waals surface area contributed by atoms with Gasteiger partial charge in [0.25, 0.3) is 0 Å². The highest BCUT2D eigenvalue weighted by atomic mass is 32.2. The molecule has 0 atom stereocenters. The molecule has 0 aliphatic carbocycles. The second-order valence-corrected chi connectivity index (χ2v) is 3.77. The first-order valence-corrected chi connectivity index (χ1v) is 5.46. The number of carbonyl (C=O) groups is 1. The number of nitrogens with zero attached hydrogens (tertiary/aromatic N) is 1. The molecule has 1 heterocycles. The Hall–Kier alpha value is -1.15. The van der Waals surface area contributed by atoms with Gasteiger partial charge in [-0.25, -0.2) is 4.79 Å². The average Bonchev–Trinajstić information content (AvgIpc) is 2.21. The number of thioether (sulfide) groups is 1. The molecule has 0 radical (unpaired) electrons. The van der Waals surface area contributed by atoms with Gasteiger partial charge in [-0.2, -0.15) is 5.26 Å². The van der Waals surface area contributed by atoms with Crippen LogP contribution in [0.5, 0.6) is 0 Å². The number of hydrogen-bond donors (Lipinski definition) is 1. The number of ether oxygens (including phenoxy) is 1. The Morgan fingerprint density at radius 1 is 1.79 bits per heavy atom. The molecule has 14 heavy (non-hydrogen) atoms. The normalized spacial score (nSPS) is 19.1. The van der Waals surface area contributed by atoms with Gasteiger partial charge in [-0.3, -0.25) is 0 Å². The van der Waals surface area contributed by atoms with E-state index in [-0.39, 0.29) is 5.57 Å². The standard InChI is InChI=1S/C9H12N2O2S/c1-2-13-9(12)7(6-10)8-11-4-3-5-14-8/h11H,2-5H2,1H3/b8-7-. The molecule has 0 aromatic rings. The Kier molecular flexibility index (Phi) is 4.33. The second-order valence-electron chi connectivity index (χ2n) is 2.67. The zero-order chi connectivity index (χ0) is 10.4. The zero-order valence-electron chi connectivity index (χ0n) is 8.00. The lowest BCUT2D eigenvalue weighted by molar-refractivity contribution is -0.138. The Morgan fingerprint density at radius 2 is 2.57 bits per heavy atom. The van der Waals surface area contributed by atoms with Gasteiger partial charge in [0.2, 0.25) is 0 Å². The van der Waals surface area contributed by atoms with Gasteiger partial charge in [0.1, 0.15) is 6.07 Å². The molecule has 0 saturated carbocycles. The molecular formula is C9H12N2O2S. The molecule has 0 spiro atoms. The van der Waals surface area contributed by atoms with E-state index in [9.17, 15) is 4.79 Å². The van der Waals surface area contributed by atoms with Crippen molar-refractivity contribution in [3.8, 4) is 6.07 Å². The average molecular weight is 212 g/mol. The van der Waals surface area contributed by atoms with E-state index in [1.807, 2.05) is 6.07 Å². The maximum absolute atomic E-state index is 11.3. The summed E-state index contributed by atoms with van der Waals surface area (Å²) in [5, 5.41) is 12.5. The lowest BCUT2D eigenvalue weighted by Gasteiger charge is -2.16. The number of hydrogen-bond acceptors (Lipinski definition) is 5. The minimum absolute atomic E-state index is 0.0940. The quantitative estimate of drug-likeness (QED) is 0.420. The molecule has 1 N–H and O–H groups in total. The molecule has 1 saturated heterocycles. The third-order valence-corrected chi connectivity index (χ3v) is 2.80. The Labute approximate surface area is 87.3 Å². The van der Waals surface area contributed by atoms with Gasteiger partial charge >= 0.3 is 5.97 Å². The molecule has 4 nitrogen and oxygen atoms in total. The van der Waals surface area contributed by atoms with Crippen LogP contribution in [-0.2, 0) is 9.53 Å². The third-order valence-electron chi connectivity index (χ3n) is 1.67. The van der Waals surface area contributed by atoms with Crippen molar-refractivity contribution in [2.75, 3.05) is 18.9 Å². The largest absolute Gasteiger partial charge is 0.462 e. The molecule has 0 amide bonds.